The average Bonchev–Trinajstić information content (AvgIpc) is 2.68. The summed E-state index contributed by atoms with van der Waals surface area (Å²) in [7, 11) is 1.60. The van der Waals surface area contributed by atoms with E-state index in [9.17, 15) is 4.79 Å². The van der Waals surface area contributed by atoms with E-state index in [2.05, 4.69) is 6.58 Å². The maximum Gasteiger partial charge on any atom is 0.185 e. The number of hydrogen-bond acceptors (Lipinski definition) is 4. The minimum atomic E-state index is -0.0871. The van der Waals surface area contributed by atoms with Crippen LogP contribution in [-0.2, 0) is 6.42 Å². The molecule has 0 amide bonds. The van der Waals surface area contributed by atoms with Gasteiger partial charge in [0.2, 0.25) is 0 Å². The average molecular weight is 395 g/mol. The molecule has 29 heavy (non-hydrogen) atoms. The Morgan fingerprint density at radius 1 is 1.00 bits per heavy atom. The van der Waals surface area contributed by atoms with E-state index in [1.54, 1.807) is 43.5 Å². The first-order valence-corrected chi connectivity index (χ1v) is 9.81. The number of allylic oxidation sites excluding steroid dienone is 2. The Morgan fingerprint density at radius 3 is 2.17 bits per heavy atom. The molecule has 2 aromatic carbocycles. The van der Waals surface area contributed by atoms with Crippen LogP contribution >= 0.6 is 0 Å². The molecule has 0 aliphatic heterocycles. The fourth-order valence-corrected chi connectivity index (χ4v) is 2.81. The molecule has 2 rings (SSSR count). The molecule has 154 valence electrons. The lowest BCUT2D eigenvalue weighted by Gasteiger charge is -2.19. The lowest BCUT2D eigenvalue weighted by Crippen LogP contribution is -2.10. The Balaban J connectivity index is 2.39. The molecule has 0 N–H and O–H groups in total. The van der Waals surface area contributed by atoms with E-state index in [-0.39, 0.29) is 18.0 Å². The molecule has 0 aromatic heterocycles. The van der Waals surface area contributed by atoms with Crippen molar-refractivity contribution in [2.24, 2.45) is 0 Å². The first-order chi connectivity index (χ1) is 13.8. The van der Waals surface area contributed by atoms with Gasteiger partial charge in [-0.25, -0.2) is 0 Å². The van der Waals surface area contributed by atoms with Crippen LogP contribution in [0.4, 0.5) is 0 Å². The molecular formula is C25H30O4. The maximum absolute atomic E-state index is 12.6. The molecule has 0 saturated carbocycles. The molecule has 0 radical (unpaired) electrons. The molecule has 0 atom stereocenters. The summed E-state index contributed by atoms with van der Waals surface area (Å²) >= 11 is 0. The van der Waals surface area contributed by atoms with Gasteiger partial charge in [-0.15, -0.1) is 6.58 Å². The molecule has 0 saturated heterocycles. The SMILES string of the molecule is C=CCc1cc(/C=C/C(=O)c2ccc(OC)cc2)c(OC(C)C)cc1OC(C)C. The van der Waals surface area contributed by atoms with Gasteiger partial charge in [-0.1, -0.05) is 6.08 Å². The summed E-state index contributed by atoms with van der Waals surface area (Å²) in [6.45, 7) is 11.7. The van der Waals surface area contributed by atoms with Gasteiger partial charge in [-0.3, -0.25) is 4.79 Å². The third-order valence-electron chi connectivity index (χ3n) is 4.07. The third-order valence-corrected chi connectivity index (χ3v) is 4.07. The van der Waals surface area contributed by atoms with Gasteiger partial charge in [0.15, 0.2) is 5.78 Å². The van der Waals surface area contributed by atoms with E-state index in [0.717, 1.165) is 16.9 Å². The lowest BCUT2D eigenvalue weighted by atomic mass is 10.0. The second kappa shape index (κ2) is 10.5. The van der Waals surface area contributed by atoms with Gasteiger partial charge in [-0.2, -0.15) is 0 Å². The molecule has 2 aromatic rings. The smallest absolute Gasteiger partial charge is 0.185 e. The van der Waals surface area contributed by atoms with Gasteiger partial charge in [0.05, 0.1) is 19.3 Å². The number of methoxy groups -OCH3 is 1. The zero-order chi connectivity index (χ0) is 21.4. The number of carbonyl (C=O) groups is 1. The van der Waals surface area contributed by atoms with E-state index in [0.29, 0.717) is 23.5 Å². The van der Waals surface area contributed by atoms with Crippen LogP contribution in [-0.4, -0.2) is 25.1 Å². The Bertz CT molecular complexity index is 861. The Labute approximate surface area is 173 Å². The van der Waals surface area contributed by atoms with Crippen LogP contribution in [0.5, 0.6) is 17.2 Å². The number of benzene rings is 2. The zero-order valence-electron chi connectivity index (χ0n) is 17.9. The third kappa shape index (κ3) is 6.53. The van der Waals surface area contributed by atoms with Crippen LogP contribution in [0.3, 0.4) is 0 Å². The minimum Gasteiger partial charge on any atom is -0.497 e. The van der Waals surface area contributed by atoms with E-state index >= 15 is 0 Å². The van der Waals surface area contributed by atoms with Crippen LogP contribution < -0.4 is 14.2 Å². The van der Waals surface area contributed by atoms with Crippen molar-refractivity contribution in [3.63, 3.8) is 0 Å². The number of carbonyl (C=O) groups excluding carboxylic acids is 1. The number of hydrogen-bond donors (Lipinski definition) is 0. The lowest BCUT2D eigenvalue weighted by molar-refractivity contribution is 0.104. The molecule has 4 nitrogen and oxygen atoms in total. The normalized spacial score (nSPS) is 11.1. The Morgan fingerprint density at radius 2 is 1.62 bits per heavy atom. The van der Waals surface area contributed by atoms with Gasteiger partial charge in [0.1, 0.15) is 17.2 Å². The van der Waals surface area contributed by atoms with Crippen molar-refractivity contribution in [2.45, 2.75) is 46.3 Å². The summed E-state index contributed by atoms with van der Waals surface area (Å²) in [5, 5.41) is 0. The predicted molar refractivity (Wildman–Crippen MR) is 118 cm³/mol. The molecule has 0 heterocycles. The second-order valence-corrected chi connectivity index (χ2v) is 7.25. The number of ketones is 1. The van der Waals surface area contributed by atoms with Gasteiger partial charge < -0.3 is 14.2 Å². The van der Waals surface area contributed by atoms with Crippen molar-refractivity contribution < 1.29 is 19.0 Å². The van der Waals surface area contributed by atoms with Crippen LogP contribution in [0.15, 0.2) is 55.1 Å². The first kappa shape index (κ1) is 22.3. The summed E-state index contributed by atoms with van der Waals surface area (Å²) in [4.78, 5) is 12.6. The summed E-state index contributed by atoms with van der Waals surface area (Å²) < 4.78 is 17.1. The molecular weight excluding hydrogens is 364 g/mol. The Kier molecular flexibility index (Phi) is 8.08. The van der Waals surface area contributed by atoms with Crippen molar-refractivity contribution >= 4 is 11.9 Å². The van der Waals surface area contributed by atoms with E-state index in [1.807, 2.05) is 45.9 Å². The van der Waals surface area contributed by atoms with Gasteiger partial charge >= 0.3 is 0 Å². The highest BCUT2D eigenvalue weighted by atomic mass is 16.5. The summed E-state index contributed by atoms with van der Waals surface area (Å²) in [6, 6.07) is 10.9. The predicted octanol–water partition coefficient (Wildman–Crippen LogP) is 5.89. The molecule has 0 fully saturated rings. The van der Waals surface area contributed by atoms with Crippen molar-refractivity contribution in [1.82, 2.24) is 0 Å². The minimum absolute atomic E-state index is 0.00315. The van der Waals surface area contributed by atoms with E-state index < -0.39 is 0 Å². The van der Waals surface area contributed by atoms with Gasteiger partial charge in [-0.05, 0) is 82.2 Å². The molecule has 0 aliphatic carbocycles. The van der Waals surface area contributed by atoms with Crippen molar-refractivity contribution in [3.05, 3.63) is 71.8 Å². The van der Waals surface area contributed by atoms with Crippen molar-refractivity contribution in [1.29, 1.82) is 0 Å². The standard InChI is InChI=1S/C25H30O4/c1-7-8-20-15-21(25(29-18(4)5)16-24(20)28-17(2)3)11-14-23(26)19-9-12-22(27-6)13-10-19/h7,9-18H,1,8H2,2-6H3/b14-11+. The molecule has 0 unspecified atom stereocenters. The van der Waals surface area contributed by atoms with Gasteiger partial charge in [0.25, 0.3) is 0 Å². The van der Waals surface area contributed by atoms with Crippen molar-refractivity contribution in [2.75, 3.05) is 7.11 Å². The highest BCUT2D eigenvalue weighted by Gasteiger charge is 2.13. The zero-order valence-corrected chi connectivity index (χ0v) is 17.9. The fourth-order valence-electron chi connectivity index (χ4n) is 2.81. The summed E-state index contributed by atoms with van der Waals surface area (Å²) in [6.07, 6.45) is 5.89. The molecule has 0 spiro atoms. The highest BCUT2D eigenvalue weighted by Crippen LogP contribution is 2.32. The van der Waals surface area contributed by atoms with Crippen LogP contribution in [0.25, 0.3) is 6.08 Å². The fraction of sp³-hybridized carbons (Fsp3) is 0.320. The topological polar surface area (TPSA) is 44.8 Å². The number of ether oxygens (including phenoxy) is 3. The summed E-state index contributed by atoms with van der Waals surface area (Å²) in [5.74, 6) is 2.08. The molecule has 0 bridgehead atoms. The molecule has 0 aliphatic rings. The number of rotatable bonds is 10. The summed E-state index contributed by atoms with van der Waals surface area (Å²) in [5.41, 5.74) is 2.43. The van der Waals surface area contributed by atoms with Crippen LogP contribution in [0.2, 0.25) is 0 Å². The largest absolute Gasteiger partial charge is 0.497 e. The van der Waals surface area contributed by atoms with Crippen LogP contribution in [0, 0.1) is 0 Å². The Hall–Kier alpha value is -3.01. The maximum atomic E-state index is 12.6. The van der Waals surface area contributed by atoms with Crippen molar-refractivity contribution in [3.8, 4) is 17.2 Å². The quantitative estimate of drug-likeness (QED) is 0.286. The molecule has 4 heteroatoms. The van der Waals surface area contributed by atoms with E-state index in [1.165, 1.54) is 0 Å². The second-order valence-electron chi connectivity index (χ2n) is 7.25. The first-order valence-electron chi connectivity index (χ1n) is 9.81. The van der Waals surface area contributed by atoms with E-state index in [4.69, 9.17) is 14.2 Å². The monoisotopic (exact) mass is 394 g/mol. The van der Waals surface area contributed by atoms with Gasteiger partial charge in [0, 0.05) is 17.2 Å². The van der Waals surface area contributed by atoms with Crippen LogP contribution in [0.1, 0.15) is 49.2 Å². The highest BCUT2D eigenvalue weighted by molar-refractivity contribution is 6.07.